The minimum Gasteiger partial charge on any atom is -0.488 e. The summed E-state index contributed by atoms with van der Waals surface area (Å²) >= 11 is 5.67. The molecule has 0 amide bonds. The minimum absolute atomic E-state index is 0.0168. The lowest BCUT2D eigenvalue weighted by molar-refractivity contribution is -0.239. The van der Waals surface area contributed by atoms with Gasteiger partial charge in [-0.3, -0.25) is 9.59 Å². The molecule has 0 N–H and O–H groups in total. The van der Waals surface area contributed by atoms with Crippen LogP contribution in [-0.2, 0) is 63.4 Å². The molecule has 0 spiro atoms. The SMILES string of the molecule is Cc1cc(=O)oc2c(C3OCC(C)(COC(=O)CC(=O)OCCOCCOCCOCCOCCCCCCCl)CO3)c(OCc3ccc(B4OC(C)(C)C(C)(C)O4)cc3)ccc12. The topological polar surface area (TPSA) is 166 Å². The van der Waals surface area contributed by atoms with Crippen LogP contribution in [0.15, 0.2) is 51.7 Å². The summed E-state index contributed by atoms with van der Waals surface area (Å²) in [5.41, 5.74) is 1.09. The first-order valence-corrected chi connectivity index (χ1v) is 22.3. The van der Waals surface area contributed by atoms with E-state index in [2.05, 4.69) is 0 Å². The Morgan fingerprint density at radius 2 is 1.30 bits per heavy atom. The number of halogens is 1. The number of fused-ring (bicyclic) bond motifs is 1. The van der Waals surface area contributed by atoms with Crippen LogP contribution in [0.5, 0.6) is 5.75 Å². The van der Waals surface area contributed by atoms with Crippen LogP contribution in [0.3, 0.4) is 0 Å². The zero-order valence-corrected chi connectivity index (χ0v) is 38.4. The van der Waals surface area contributed by atoms with E-state index in [0.717, 1.165) is 48.9 Å². The molecule has 2 aliphatic rings. The lowest BCUT2D eigenvalue weighted by Gasteiger charge is -2.37. The average Bonchev–Trinajstić information content (AvgIpc) is 3.47. The number of hydrogen-bond acceptors (Lipinski definition) is 15. The van der Waals surface area contributed by atoms with Crippen molar-refractivity contribution in [3.8, 4) is 5.75 Å². The molecule has 3 aromatic rings. The molecule has 0 radical (unpaired) electrons. The number of aryl methyl sites for hydroxylation is 1. The van der Waals surface area contributed by atoms with Gasteiger partial charge in [-0.2, -0.15) is 0 Å². The van der Waals surface area contributed by atoms with E-state index in [1.807, 2.05) is 71.9 Å². The van der Waals surface area contributed by atoms with Crippen molar-refractivity contribution in [2.45, 2.75) is 97.7 Å². The first-order valence-electron chi connectivity index (χ1n) is 21.8. The predicted molar refractivity (Wildman–Crippen MR) is 235 cm³/mol. The molecule has 2 saturated heterocycles. The fraction of sp³-hybridized carbons (Fsp3) is 0.630. The molecule has 2 fully saturated rings. The Labute approximate surface area is 375 Å². The number of carbonyl (C=O) groups is 2. The summed E-state index contributed by atoms with van der Waals surface area (Å²) in [7, 11) is -0.483. The molecule has 0 saturated carbocycles. The van der Waals surface area contributed by atoms with Gasteiger partial charge in [0.25, 0.3) is 0 Å². The number of benzene rings is 2. The van der Waals surface area contributed by atoms with Crippen LogP contribution in [0.1, 0.15) is 89.7 Å². The molecule has 17 heteroatoms. The third-order valence-electron chi connectivity index (χ3n) is 11.1. The molecule has 0 unspecified atom stereocenters. The molecule has 348 valence electrons. The molecule has 3 heterocycles. The summed E-state index contributed by atoms with van der Waals surface area (Å²) in [6, 6.07) is 12.9. The number of hydrogen-bond donors (Lipinski definition) is 0. The van der Waals surface area contributed by atoms with Crippen molar-refractivity contribution >= 4 is 47.1 Å². The molecule has 5 rings (SSSR count). The number of carbonyl (C=O) groups excluding carboxylic acids is 2. The van der Waals surface area contributed by atoms with Crippen LogP contribution in [0.4, 0.5) is 0 Å². The van der Waals surface area contributed by atoms with Gasteiger partial charge in [0.05, 0.1) is 76.2 Å². The second kappa shape index (κ2) is 24.6. The van der Waals surface area contributed by atoms with E-state index in [0.29, 0.717) is 67.8 Å². The van der Waals surface area contributed by atoms with Gasteiger partial charge in [0.15, 0.2) is 11.9 Å². The van der Waals surface area contributed by atoms with Crippen molar-refractivity contribution in [1.29, 1.82) is 0 Å². The van der Waals surface area contributed by atoms with Gasteiger partial charge in [-0.1, -0.05) is 44.0 Å². The van der Waals surface area contributed by atoms with E-state index < -0.39 is 54.0 Å². The Bertz CT molecular complexity index is 1930. The highest BCUT2D eigenvalue weighted by Crippen LogP contribution is 2.41. The number of esters is 2. The number of unbranched alkanes of at least 4 members (excludes halogenated alkanes) is 3. The van der Waals surface area contributed by atoms with Crippen LogP contribution in [-0.4, -0.2) is 115 Å². The molecule has 2 aromatic carbocycles. The molecule has 0 atom stereocenters. The fourth-order valence-corrected chi connectivity index (χ4v) is 6.83. The zero-order chi connectivity index (χ0) is 45.3. The highest BCUT2D eigenvalue weighted by Gasteiger charge is 2.51. The van der Waals surface area contributed by atoms with Gasteiger partial charge in [0, 0.05) is 29.4 Å². The van der Waals surface area contributed by atoms with Gasteiger partial charge in [-0.15, -0.1) is 11.6 Å². The molecule has 15 nitrogen and oxygen atoms in total. The Balaban J connectivity index is 0.995. The van der Waals surface area contributed by atoms with Crippen LogP contribution >= 0.6 is 11.6 Å². The molecular formula is C46H64BClO15. The van der Waals surface area contributed by atoms with Crippen molar-refractivity contribution in [2.75, 3.05) is 85.2 Å². The monoisotopic (exact) mass is 902 g/mol. The third-order valence-corrected chi connectivity index (χ3v) is 11.3. The lowest BCUT2D eigenvalue weighted by atomic mass is 9.79. The van der Waals surface area contributed by atoms with E-state index in [1.54, 1.807) is 6.07 Å². The Hall–Kier alpha value is -3.58. The van der Waals surface area contributed by atoms with E-state index in [4.69, 9.17) is 68.0 Å². The second-order valence-corrected chi connectivity index (χ2v) is 17.5. The second-order valence-electron chi connectivity index (χ2n) is 17.1. The Kier molecular flexibility index (Phi) is 19.7. The maximum atomic E-state index is 12.6. The number of rotatable bonds is 27. The quantitative estimate of drug-likeness (QED) is 0.0207. The van der Waals surface area contributed by atoms with Gasteiger partial charge < -0.3 is 56.4 Å². The van der Waals surface area contributed by atoms with E-state index >= 15 is 0 Å². The normalized spacial score (nSPS) is 19.3. The highest BCUT2D eigenvalue weighted by atomic mass is 35.5. The highest BCUT2D eigenvalue weighted by molar-refractivity contribution is 6.62. The van der Waals surface area contributed by atoms with Crippen LogP contribution in [0.2, 0.25) is 0 Å². The van der Waals surface area contributed by atoms with Crippen LogP contribution in [0, 0.1) is 12.3 Å². The van der Waals surface area contributed by atoms with Gasteiger partial charge in [0.1, 0.15) is 32.0 Å². The first-order chi connectivity index (χ1) is 30.2. The molecule has 1 aromatic heterocycles. The van der Waals surface area contributed by atoms with Crippen molar-refractivity contribution in [3.05, 3.63) is 69.6 Å². The smallest absolute Gasteiger partial charge is 0.488 e. The summed E-state index contributed by atoms with van der Waals surface area (Å²) in [5.74, 6) is -0.338. The summed E-state index contributed by atoms with van der Waals surface area (Å²) in [6.45, 7) is 15.6. The first kappa shape index (κ1) is 50.4. The van der Waals surface area contributed by atoms with Crippen molar-refractivity contribution < 1.29 is 65.9 Å². The van der Waals surface area contributed by atoms with Crippen molar-refractivity contribution in [2.24, 2.45) is 5.41 Å². The van der Waals surface area contributed by atoms with Crippen LogP contribution in [0.25, 0.3) is 11.0 Å². The van der Waals surface area contributed by atoms with E-state index in [9.17, 15) is 14.4 Å². The Morgan fingerprint density at radius 1 is 0.730 bits per heavy atom. The van der Waals surface area contributed by atoms with E-state index in [1.165, 1.54) is 6.07 Å². The fourth-order valence-electron chi connectivity index (χ4n) is 6.64. The molecule has 63 heavy (non-hydrogen) atoms. The third kappa shape index (κ3) is 15.5. The minimum atomic E-state index is -0.955. The van der Waals surface area contributed by atoms with Gasteiger partial charge in [-0.25, -0.2) is 4.79 Å². The van der Waals surface area contributed by atoms with E-state index in [-0.39, 0.29) is 39.6 Å². The zero-order valence-electron chi connectivity index (χ0n) is 37.6. The molecule has 0 aliphatic carbocycles. The maximum Gasteiger partial charge on any atom is 0.494 e. The lowest BCUT2D eigenvalue weighted by Crippen LogP contribution is -2.41. The summed E-state index contributed by atoms with van der Waals surface area (Å²) < 4.78 is 69.4. The van der Waals surface area contributed by atoms with Gasteiger partial charge >= 0.3 is 24.7 Å². The largest absolute Gasteiger partial charge is 0.494 e. The van der Waals surface area contributed by atoms with Gasteiger partial charge in [0.2, 0.25) is 0 Å². The predicted octanol–water partition coefficient (Wildman–Crippen LogP) is 6.37. The molecule has 2 aliphatic heterocycles. The summed E-state index contributed by atoms with van der Waals surface area (Å²) in [6.07, 6.45) is 2.82. The number of ether oxygens (including phenoxy) is 9. The summed E-state index contributed by atoms with van der Waals surface area (Å²) in [5, 5.41) is 0.709. The van der Waals surface area contributed by atoms with Gasteiger partial charge in [-0.05, 0) is 76.2 Å². The summed E-state index contributed by atoms with van der Waals surface area (Å²) in [4.78, 5) is 37.4. The Morgan fingerprint density at radius 3 is 1.92 bits per heavy atom. The van der Waals surface area contributed by atoms with Crippen LogP contribution < -0.4 is 15.8 Å². The standard InChI is InChI=1S/C46H64BClO15/c1-33-27-40(51)61-42-36(33)15-16-37(57-29-34-11-13-35(14-12-34)47-62-44(2,3)45(4,5)63-47)41(42)43-59-31-46(6,32-60-43)30-58-39(50)28-38(49)56-26-25-55-24-23-54-22-21-53-20-19-52-18-10-8-7-9-17-48/h11-16,27,43H,7-10,17-26,28-32H2,1-6H3. The molecular weight excluding hydrogens is 839 g/mol. The number of alkyl halides is 1. The van der Waals surface area contributed by atoms with Crippen molar-refractivity contribution in [3.63, 3.8) is 0 Å². The average molecular weight is 903 g/mol. The molecule has 0 bridgehead atoms. The maximum absolute atomic E-state index is 12.6. The van der Waals surface area contributed by atoms with Crippen molar-refractivity contribution in [1.82, 2.24) is 0 Å².